The fourth-order valence-corrected chi connectivity index (χ4v) is 1.91. The Bertz CT molecular complexity index is 296. The van der Waals surface area contributed by atoms with Gasteiger partial charge in [-0.05, 0) is 30.0 Å². The van der Waals surface area contributed by atoms with Crippen molar-refractivity contribution in [1.29, 1.82) is 0 Å². The zero-order valence-electron chi connectivity index (χ0n) is 6.76. The van der Waals surface area contributed by atoms with E-state index >= 15 is 0 Å². The predicted molar refractivity (Wildman–Crippen MR) is 44.5 cm³/mol. The molecular weight excluding hydrogens is 155 g/mol. The molecule has 0 aromatic heterocycles. The van der Waals surface area contributed by atoms with Gasteiger partial charge in [-0.1, -0.05) is 12.1 Å². The van der Waals surface area contributed by atoms with Crippen LogP contribution in [0.1, 0.15) is 23.5 Å². The summed E-state index contributed by atoms with van der Waals surface area (Å²) in [6.07, 6.45) is 1.78. The number of aryl methyl sites for hydroxylation is 1. The van der Waals surface area contributed by atoms with Crippen molar-refractivity contribution in [2.75, 3.05) is 6.61 Å². The van der Waals surface area contributed by atoms with Crippen LogP contribution in [0, 0.1) is 5.82 Å². The lowest BCUT2D eigenvalue weighted by molar-refractivity contribution is 0.262. The zero-order chi connectivity index (χ0) is 8.55. The molecule has 0 fully saturated rings. The standard InChI is InChI=1S/C10H11FO/c11-9-3-1-2-7-4-5-8(6-12)10(7)9/h1-3,8,12H,4-6H2. The van der Waals surface area contributed by atoms with Gasteiger partial charge in [0.2, 0.25) is 0 Å². The van der Waals surface area contributed by atoms with Gasteiger partial charge in [0, 0.05) is 5.92 Å². The van der Waals surface area contributed by atoms with E-state index in [1.54, 1.807) is 6.07 Å². The van der Waals surface area contributed by atoms with E-state index in [2.05, 4.69) is 0 Å². The Balaban J connectivity index is 2.48. The van der Waals surface area contributed by atoms with E-state index in [0.29, 0.717) is 0 Å². The lowest BCUT2D eigenvalue weighted by atomic mass is 10.0. The van der Waals surface area contributed by atoms with Crippen LogP contribution in [0.4, 0.5) is 4.39 Å². The molecule has 1 aromatic rings. The van der Waals surface area contributed by atoms with Crippen molar-refractivity contribution in [3.63, 3.8) is 0 Å². The van der Waals surface area contributed by atoms with Gasteiger partial charge in [-0.15, -0.1) is 0 Å². The predicted octanol–water partition coefficient (Wildman–Crippen LogP) is 1.85. The van der Waals surface area contributed by atoms with E-state index in [1.807, 2.05) is 6.07 Å². The third-order valence-corrected chi connectivity index (χ3v) is 2.53. The Morgan fingerprint density at radius 2 is 2.33 bits per heavy atom. The summed E-state index contributed by atoms with van der Waals surface area (Å²) in [6, 6.07) is 5.13. The maximum Gasteiger partial charge on any atom is 0.127 e. The van der Waals surface area contributed by atoms with Gasteiger partial charge in [-0.2, -0.15) is 0 Å². The molecule has 2 heteroatoms. The van der Waals surface area contributed by atoms with Crippen LogP contribution in [0.3, 0.4) is 0 Å². The SMILES string of the molecule is OCC1CCc2cccc(F)c21. The van der Waals surface area contributed by atoms with Crippen molar-refractivity contribution in [3.8, 4) is 0 Å². The molecule has 1 atom stereocenters. The second kappa shape index (κ2) is 2.87. The highest BCUT2D eigenvalue weighted by molar-refractivity contribution is 5.36. The molecule has 0 aliphatic heterocycles. The number of rotatable bonds is 1. The molecule has 0 saturated heterocycles. The Labute approximate surface area is 70.8 Å². The molecule has 0 saturated carbocycles. The van der Waals surface area contributed by atoms with E-state index in [1.165, 1.54) is 6.07 Å². The van der Waals surface area contributed by atoms with E-state index < -0.39 is 0 Å². The van der Waals surface area contributed by atoms with Gasteiger partial charge >= 0.3 is 0 Å². The Morgan fingerprint density at radius 3 is 3.08 bits per heavy atom. The maximum atomic E-state index is 13.2. The summed E-state index contributed by atoms with van der Waals surface area (Å²) in [5.41, 5.74) is 1.80. The number of aliphatic hydroxyl groups excluding tert-OH is 1. The molecule has 0 amide bonds. The van der Waals surface area contributed by atoms with Crippen molar-refractivity contribution in [2.45, 2.75) is 18.8 Å². The number of halogens is 1. The van der Waals surface area contributed by atoms with Gasteiger partial charge in [-0.25, -0.2) is 4.39 Å². The summed E-state index contributed by atoms with van der Waals surface area (Å²) < 4.78 is 13.2. The highest BCUT2D eigenvalue weighted by Crippen LogP contribution is 2.34. The summed E-state index contributed by atoms with van der Waals surface area (Å²) in [4.78, 5) is 0. The summed E-state index contributed by atoms with van der Waals surface area (Å²) >= 11 is 0. The fraction of sp³-hybridized carbons (Fsp3) is 0.400. The first-order valence-corrected chi connectivity index (χ1v) is 4.21. The van der Waals surface area contributed by atoms with Crippen LogP contribution < -0.4 is 0 Å². The lowest BCUT2D eigenvalue weighted by Crippen LogP contribution is -2.01. The minimum Gasteiger partial charge on any atom is -0.396 e. The molecular formula is C10H11FO. The zero-order valence-corrected chi connectivity index (χ0v) is 6.76. The van der Waals surface area contributed by atoms with Crippen molar-refractivity contribution in [2.24, 2.45) is 0 Å². The average molecular weight is 166 g/mol. The second-order valence-corrected chi connectivity index (χ2v) is 3.23. The van der Waals surface area contributed by atoms with Crippen molar-refractivity contribution >= 4 is 0 Å². The monoisotopic (exact) mass is 166 g/mol. The summed E-state index contributed by atoms with van der Waals surface area (Å²) in [6.45, 7) is 0.0634. The molecule has 0 bridgehead atoms. The van der Waals surface area contributed by atoms with Crippen LogP contribution >= 0.6 is 0 Å². The van der Waals surface area contributed by atoms with Crippen LogP contribution in [0.15, 0.2) is 18.2 Å². The topological polar surface area (TPSA) is 20.2 Å². The molecule has 1 aliphatic carbocycles. The fourth-order valence-electron chi connectivity index (χ4n) is 1.91. The average Bonchev–Trinajstić information content (AvgIpc) is 2.49. The van der Waals surface area contributed by atoms with E-state index in [-0.39, 0.29) is 18.3 Å². The molecule has 1 aromatic carbocycles. The van der Waals surface area contributed by atoms with Gasteiger partial charge in [0.25, 0.3) is 0 Å². The van der Waals surface area contributed by atoms with Crippen molar-refractivity contribution < 1.29 is 9.50 Å². The molecule has 1 aliphatic rings. The molecule has 0 heterocycles. The molecule has 1 unspecified atom stereocenters. The van der Waals surface area contributed by atoms with Gasteiger partial charge in [0.05, 0.1) is 6.61 Å². The van der Waals surface area contributed by atoms with E-state index in [0.717, 1.165) is 24.0 Å². The number of hydrogen-bond donors (Lipinski definition) is 1. The van der Waals surface area contributed by atoms with Gasteiger partial charge < -0.3 is 5.11 Å². The molecule has 1 N–H and O–H groups in total. The molecule has 1 nitrogen and oxygen atoms in total. The van der Waals surface area contributed by atoms with Gasteiger partial charge in [0.1, 0.15) is 5.82 Å². The number of benzene rings is 1. The quantitative estimate of drug-likeness (QED) is 0.675. The van der Waals surface area contributed by atoms with Crippen molar-refractivity contribution in [3.05, 3.63) is 35.1 Å². The molecule has 64 valence electrons. The first-order chi connectivity index (χ1) is 5.83. The third-order valence-electron chi connectivity index (χ3n) is 2.53. The summed E-state index contributed by atoms with van der Waals surface area (Å²) in [7, 11) is 0. The second-order valence-electron chi connectivity index (χ2n) is 3.23. The third kappa shape index (κ3) is 1.03. The van der Waals surface area contributed by atoms with Gasteiger partial charge in [-0.3, -0.25) is 0 Å². The minimum atomic E-state index is -0.163. The molecule has 0 spiro atoms. The molecule has 12 heavy (non-hydrogen) atoms. The Hall–Kier alpha value is -0.890. The molecule has 0 radical (unpaired) electrons. The number of aliphatic hydroxyl groups is 1. The van der Waals surface area contributed by atoms with Crippen LogP contribution in [-0.4, -0.2) is 11.7 Å². The summed E-state index contributed by atoms with van der Waals surface area (Å²) in [5.74, 6) is -0.134. The first-order valence-electron chi connectivity index (χ1n) is 4.21. The van der Waals surface area contributed by atoms with Crippen LogP contribution in [0.25, 0.3) is 0 Å². The Kier molecular flexibility index (Phi) is 1.85. The number of hydrogen-bond acceptors (Lipinski definition) is 1. The first kappa shape index (κ1) is 7.74. The van der Waals surface area contributed by atoms with Gasteiger partial charge in [0.15, 0.2) is 0 Å². The Morgan fingerprint density at radius 1 is 1.50 bits per heavy atom. The lowest BCUT2D eigenvalue weighted by Gasteiger charge is -2.07. The van der Waals surface area contributed by atoms with Crippen LogP contribution in [0.5, 0.6) is 0 Å². The highest BCUT2D eigenvalue weighted by atomic mass is 19.1. The molecule has 2 rings (SSSR count). The normalized spacial score (nSPS) is 21.0. The maximum absolute atomic E-state index is 13.2. The largest absolute Gasteiger partial charge is 0.396 e. The summed E-state index contributed by atoms with van der Waals surface area (Å²) in [5, 5.41) is 8.97. The minimum absolute atomic E-state index is 0.0289. The van der Waals surface area contributed by atoms with Crippen LogP contribution in [0.2, 0.25) is 0 Å². The number of fused-ring (bicyclic) bond motifs is 1. The van der Waals surface area contributed by atoms with Crippen molar-refractivity contribution in [1.82, 2.24) is 0 Å². The smallest absolute Gasteiger partial charge is 0.127 e. The van der Waals surface area contributed by atoms with E-state index in [9.17, 15) is 4.39 Å². The van der Waals surface area contributed by atoms with Crippen LogP contribution in [-0.2, 0) is 6.42 Å². The highest BCUT2D eigenvalue weighted by Gasteiger charge is 2.24. The van der Waals surface area contributed by atoms with E-state index in [4.69, 9.17) is 5.11 Å².